The molecule has 1 aliphatic rings. The molecular formula is C18H22N4O3S. The Morgan fingerprint density at radius 2 is 2.00 bits per heavy atom. The summed E-state index contributed by atoms with van der Waals surface area (Å²) in [4.78, 5) is 22.3. The zero-order valence-electron chi connectivity index (χ0n) is 14.8. The molecule has 2 heterocycles. The van der Waals surface area contributed by atoms with E-state index in [-0.39, 0.29) is 29.1 Å². The smallest absolute Gasteiger partial charge is 0.272 e. The van der Waals surface area contributed by atoms with Gasteiger partial charge in [0.05, 0.1) is 11.5 Å². The van der Waals surface area contributed by atoms with Crippen molar-refractivity contribution in [3.05, 3.63) is 47.9 Å². The summed E-state index contributed by atoms with van der Waals surface area (Å²) in [6.07, 6.45) is 2.76. The van der Waals surface area contributed by atoms with Gasteiger partial charge < -0.3 is 10.2 Å². The molecule has 1 unspecified atom stereocenters. The molecule has 3 rings (SSSR count). The van der Waals surface area contributed by atoms with Gasteiger partial charge in [0.1, 0.15) is 17.8 Å². The number of carbonyl (C=O) groups excluding carboxylic acids is 1. The Balaban J connectivity index is 1.72. The molecule has 0 spiro atoms. The van der Waals surface area contributed by atoms with Crippen LogP contribution in [0.25, 0.3) is 0 Å². The van der Waals surface area contributed by atoms with Gasteiger partial charge in [0, 0.05) is 24.8 Å². The van der Waals surface area contributed by atoms with Crippen LogP contribution in [0, 0.1) is 0 Å². The van der Waals surface area contributed by atoms with Crippen LogP contribution < -0.4 is 5.32 Å². The molecule has 1 aliphatic heterocycles. The van der Waals surface area contributed by atoms with Crippen LogP contribution in [0.2, 0.25) is 0 Å². The Morgan fingerprint density at radius 1 is 1.27 bits per heavy atom. The van der Waals surface area contributed by atoms with Crippen LogP contribution in [0.15, 0.2) is 36.7 Å². The molecule has 1 saturated heterocycles. The van der Waals surface area contributed by atoms with Crippen LogP contribution in [-0.4, -0.2) is 53.8 Å². The van der Waals surface area contributed by atoms with Gasteiger partial charge in [0.15, 0.2) is 9.84 Å². The van der Waals surface area contributed by atoms with Gasteiger partial charge in [0.25, 0.3) is 5.91 Å². The maximum absolute atomic E-state index is 12.6. The van der Waals surface area contributed by atoms with Gasteiger partial charge in [-0.1, -0.05) is 19.1 Å². The molecule has 1 aromatic carbocycles. The molecule has 1 fully saturated rings. The Kier molecular flexibility index (Phi) is 5.22. The van der Waals surface area contributed by atoms with Crippen LogP contribution in [-0.2, 0) is 16.3 Å². The lowest BCUT2D eigenvalue weighted by Crippen LogP contribution is -2.38. The number of amides is 1. The highest BCUT2D eigenvalue weighted by Gasteiger charge is 2.33. The molecule has 1 amide bonds. The average Bonchev–Trinajstić information content (AvgIpc) is 3.01. The van der Waals surface area contributed by atoms with Gasteiger partial charge in [0.2, 0.25) is 0 Å². The molecule has 0 bridgehead atoms. The van der Waals surface area contributed by atoms with Crippen LogP contribution in [0.3, 0.4) is 0 Å². The standard InChI is InChI=1S/C18H22N4O3S/c1-3-13-4-6-14(7-5-13)21-17-10-16(19-12-20-17)18(23)22(2)15-8-9-26(24,25)11-15/h4-7,10,12,15H,3,8-9,11H2,1-2H3,(H,19,20,21). The number of aryl methyl sites for hydroxylation is 1. The van der Waals surface area contributed by atoms with Gasteiger partial charge in [-0.2, -0.15) is 0 Å². The van der Waals surface area contributed by atoms with Crippen molar-refractivity contribution in [1.82, 2.24) is 14.9 Å². The molecule has 138 valence electrons. The van der Waals surface area contributed by atoms with Gasteiger partial charge in [-0.3, -0.25) is 4.79 Å². The van der Waals surface area contributed by atoms with Gasteiger partial charge in [-0.15, -0.1) is 0 Å². The number of anilines is 2. The Labute approximate surface area is 153 Å². The number of hydrogen-bond donors (Lipinski definition) is 1. The number of nitrogens with one attached hydrogen (secondary N) is 1. The second kappa shape index (κ2) is 7.41. The first-order chi connectivity index (χ1) is 12.4. The topological polar surface area (TPSA) is 92.3 Å². The minimum Gasteiger partial charge on any atom is -0.340 e. The summed E-state index contributed by atoms with van der Waals surface area (Å²) < 4.78 is 23.3. The molecule has 2 aromatic rings. The number of aromatic nitrogens is 2. The first-order valence-corrected chi connectivity index (χ1v) is 10.4. The largest absolute Gasteiger partial charge is 0.340 e. The van der Waals surface area contributed by atoms with Crippen molar-refractivity contribution in [2.45, 2.75) is 25.8 Å². The molecule has 1 aromatic heterocycles. The van der Waals surface area contributed by atoms with Gasteiger partial charge in [-0.05, 0) is 30.5 Å². The van der Waals surface area contributed by atoms with Crippen molar-refractivity contribution in [1.29, 1.82) is 0 Å². The molecular weight excluding hydrogens is 352 g/mol. The van der Waals surface area contributed by atoms with E-state index in [0.29, 0.717) is 12.2 Å². The summed E-state index contributed by atoms with van der Waals surface area (Å²) in [5.74, 6) is 0.341. The van der Waals surface area contributed by atoms with E-state index in [1.165, 1.54) is 16.8 Å². The lowest BCUT2D eigenvalue weighted by atomic mass is 10.1. The summed E-state index contributed by atoms with van der Waals surface area (Å²) in [7, 11) is -1.43. The maximum Gasteiger partial charge on any atom is 0.272 e. The lowest BCUT2D eigenvalue weighted by molar-refractivity contribution is 0.0741. The van der Waals surface area contributed by atoms with E-state index in [2.05, 4.69) is 22.2 Å². The molecule has 8 heteroatoms. The van der Waals surface area contributed by atoms with E-state index in [1.54, 1.807) is 13.1 Å². The minimum atomic E-state index is -3.05. The molecule has 7 nitrogen and oxygen atoms in total. The van der Waals surface area contributed by atoms with E-state index in [0.717, 1.165) is 12.1 Å². The fraction of sp³-hybridized carbons (Fsp3) is 0.389. The Hall–Kier alpha value is -2.48. The second-order valence-corrected chi connectivity index (χ2v) is 8.67. The summed E-state index contributed by atoms with van der Waals surface area (Å²) in [6, 6.07) is 9.25. The second-order valence-electron chi connectivity index (χ2n) is 6.44. The fourth-order valence-corrected chi connectivity index (χ4v) is 4.72. The summed E-state index contributed by atoms with van der Waals surface area (Å²) in [5, 5.41) is 3.15. The van der Waals surface area contributed by atoms with Crippen molar-refractivity contribution in [3.8, 4) is 0 Å². The van der Waals surface area contributed by atoms with E-state index >= 15 is 0 Å². The van der Waals surface area contributed by atoms with E-state index in [1.807, 2.05) is 24.3 Å². The van der Waals surface area contributed by atoms with Crippen molar-refractivity contribution in [3.63, 3.8) is 0 Å². The fourth-order valence-electron chi connectivity index (χ4n) is 2.94. The van der Waals surface area contributed by atoms with E-state index in [4.69, 9.17) is 0 Å². The predicted molar refractivity (Wildman–Crippen MR) is 100 cm³/mol. The number of benzene rings is 1. The van der Waals surface area contributed by atoms with Crippen molar-refractivity contribution < 1.29 is 13.2 Å². The molecule has 1 atom stereocenters. The highest BCUT2D eigenvalue weighted by atomic mass is 32.2. The van der Waals surface area contributed by atoms with Crippen LogP contribution >= 0.6 is 0 Å². The summed E-state index contributed by atoms with van der Waals surface area (Å²) >= 11 is 0. The van der Waals surface area contributed by atoms with Gasteiger partial charge >= 0.3 is 0 Å². The SMILES string of the molecule is CCc1ccc(Nc2cc(C(=O)N(C)C3CCS(=O)(=O)C3)ncn2)cc1. The number of carbonyl (C=O) groups is 1. The molecule has 0 radical (unpaired) electrons. The first-order valence-electron chi connectivity index (χ1n) is 8.53. The lowest BCUT2D eigenvalue weighted by Gasteiger charge is -2.23. The monoisotopic (exact) mass is 374 g/mol. The number of hydrogen-bond acceptors (Lipinski definition) is 6. The van der Waals surface area contributed by atoms with Crippen molar-refractivity contribution >= 4 is 27.2 Å². The highest BCUT2D eigenvalue weighted by Crippen LogP contribution is 2.20. The van der Waals surface area contributed by atoms with E-state index < -0.39 is 9.84 Å². The van der Waals surface area contributed by atoms with E-state index in [9.17, 15) is 13.2 Å². The summed E-state index contributed by atoms with van der Waals surface area (Å²) in [5.41, 5.74) is 2.34. The first kappa shape index (κ1) is 18.3. The molecule has 1 N–H and O–H groups in total. The minimum absolute atomic E-state index is 0.00913. The van der Waals surface area contributed by atoms with Crippen molar-refractivity contribution in [2.24, 2.45) is 0 Å². The quantitative estimate of drug-likeness (QED) is 0.861. The average molecular weight is 374 g/mol. The van der Waals surface area contributed by atoms with Crippen molar-refractivity contribution in [2.75, 3.05) is 23.9 Å². The maximum atomic E-state index is 12.6. The third kappa shape index (κ3) is 4.19. The van der Waals surface area contributed by atoms with Crippen LogP contribution in [0.1, 0.15) is 29.4 Å². The summed E-state index contributed by atoms with van der Waals surface area (Å²) in [6.45, 7) is 2.09. The molecule has 26 heavy (non-hydrogen) atoms. The van der Waals surface area contributed by atoms with Crippen LogP contribution in [0.5, 0.6) is 0 Å². The Morgan fingerprint density at radius 3 is 2.62 bits per heavy atom. The normalized spacial score (nSPS) is 18.5. The number of rotatable bonds is 5. The number of sulfone groups is 1. The molecule has 0 aliphatic carbocycles. The molecule has 0 saturated carbocycles. The zero-order valence-corrected chi connectivity index (χ0v) is 15.7. The van der Waals surface area contributed by atoms with Crippen LogP contribution in [0.4, 0.5) is 11.5 Å². The zero-order chi connectivity index (χ0) is 18.7. The third-order valence-corrected chi connectivity index (χ3v) is 6.35. The highest BCUT2D eigenvalue weighted by molar-refractivity contribution is 7.91. The third-order valence-electron chi connectivity index (χ3n) is 4.60. The Bertz CT molecular complexity index is 897. The van der Waals surface area contributed by atoms with Gasteiger partial charge in [-0.25, -0.2) is 18.4 Å². The number of nitrogens with zero attached hydrogens (tertiary/aromatic N) is 3. The predicted octanol–water partition coefficient (Wildman–Crippen LogP) is 2.04.